The van der Waals surface area contributed by atoms with Gasteiger partial charge in [-0.3, -0.25) is 14.5 Å². The van der Waals surface area contributed by atoms with Gasteiger partial charge < -0.3 is 4.57 Å². The fraction of sp³-hybridized carbons (Fsp3) is 0.0476. The molecular weight excluding hydrogens is 415 g/mol. The standard InChI is InChI=1S/C21H14Cl2N2O2S/c22-15-5-3-14(4-6-15)13-25-20(26)19(28-21(25)27)12-18-2-1-11-24(18)17-9-7-16(23)8-10-17/h1-12H,13H2/b19-12+. The average molecular weight is 429 g/mol. The van der Waals surface area contributed by atoms with Crippen molar-refractivity contribution in [3.63, 3.8) is 0 Å². The van der Waals surface area contributed by atoms with Crippen molar-refractivity contribution in [1.82, 2.24) is 9.47 Å². The monoisotopic (exact) mass is 428 g/mol. The lowest BCUT2D eigenvalue weighted by Gasteiger charge is -2.12. The first kappa shape index (κ1) is 18.9. The van der Waals surface area contributed by atoms with Crippen molar-refractivity contribution in [3.05, 3.63) is 93.1 Å². The van der Waals surface area contributed by atoms with Crippen LogP contribution in [-0.2, 0) is 11.3 Å². The lowest BCUT2D eigenvalue weighted by molar-refractivity contribution is -0.123. The van der Waals surface area contributed by atoms with Gasteiger partial charge in [-0.1, -0.05) is 35.3 Å². The summed E-state index contributed by atoms with van der Waals surface area (Å²) < 4.78 is 1.93. The molecule has 0 unspecified atom stereocenters. The van der Waals surface area contributed by atoms with Crippen LogP contribution >= 0.6 is 35.0 Å². The Balaban J connectivity index is 1.59. The molecule has 1 saturated heterocycles. The van der Waals surface area contributed by atoms with Gasteiger partial charge in [-0.05, 0) is 71.9 Å². The molecule has 0 atom stereocenters. The van der Waals surface area contributed by atoms with Crippen molar-refractivity contribution in [1.29, 1.82) is 0 Å². The van der Waals surface area contributed by atoms with Gasteiger partial charge in [0.2, 0.25) is 0 Å². The Kier molecular flexibility index (Phi) is 5.31. The lowest BCUT2D eigenvalue weighted by Crippen LogP contribution is -2.27. The fourth-order valence-corrected chi connectivity index (χ4v) is 3.97. The molecule has 0 aliphatic carbocycles. The Morgan fingerprint density at radius 1 is 0.893 bits per heavy atom. The molecule has 1 aliphatic rings. The first-order chi connectivity index (χ1) is 13.5. The molecule has 0 radical (unpaired) electrons. The number of hydrogen-bond acceptors (Lipinski definition) is 3. The first-order valence-electron chi connectivity index (χ1n) is 8.44. The summed E-state index contributed by atoms with van der Waals surface area (Å²) in [5, 5.41) is 0.984. The minimum absolute atomic E-state index is 0.220. The molecule has 2 heterocycles. The molecule has 4 rings (SSSR count). The van der Waals surface area contributed by atoms with Crippen molar-refractivity contribution in [2.24, 2.45) is 0 Å². The molecule has 7 heteroatoms. The normalized spacial score (nSPS) is 15.6. The van der Waals surface area contributed by atoms with Gasteiger partial charge in [0, 0.05) is 27.6 Å². The Bertz CT molecular complexity index is 1070. The minimum atomic E-state index is -0.297. The average Bonchev–Trinajstić information content (AvgIpc) is 3.24. The van der Waals surface area contributed by atoms with Crippen molar-refractivity contribution in [3.8, 4) is 5.69 Å². The number of hydrogen-bond donors (Lipinski definition) is 0. The molecule has 140 valence electrons. The van der Waals surface area contributed by atoms with Crippen LogP contribution in [0.4, 0.5) is 4.79 Å². The number of aromatic nitrogens is 1. The second-order valence-corrected chi connectivity index (χ2v) is 8.04. The zero-order valence-corrected chi connectivity index (χ0v) is 16.8. The number of amides is 2. The zero-order chi connectivity index (χ0) is 19.7. The van der Waals surface area contributed by atoms with Crippen molar-refractivity contribution < 1.29 is 9.59 Å². The van der Waals surface area contributed by atoms with Gasteiger partial charge in [0.25, 0.3) is 11.1 Å². The van der Waals surface area contributed by atoms with E-state index in [1.54, 1.807) is 42.5 Å². The first-order valence-corrected chi connectivity index (χ1v) is 10.0. The highest BCUT2D eigenvalue weighted by Crippen LogP contribution is 2.34. The van der Waals surface area contributed by atoms with Crippen LogP contribution in [0, 0.1) is 0 Å². The summed E-state index contributed by atoms with van der Waals surface area (Å²) in [6.07, 6.45) is 3.63. The van der Waals surface area contributed by atoms with E-state index in [1.165, 1.54) is 4.90 Å². The number of carbonyl (C=O) groups is 2. The molecule has 1 aliphatic heterocycles. The summed E-state index contributed by atoms with van der Waals surface area (Å²) in [5.41, 5.74) is 2.57. The van der Waals surface area contributed by atoms with Crippen LogP contribution in [0.3, 0.4) is 0 Å². The molecule has 28 heavy (non-hydrogen) atoms. The van der Waals surface area contributed by atoms with Gasteiger partial charge in [-0.25, -0.2) is 0 Å². The van der Waals surface area contributed by atoms with Gasteiger partial charge in [-0.2, -0.15) is 0 Å². The van der Waals surface area contributed by atoms with E-state index in [1.807, 2.05) is 35.0 Å². The van der Waals surface area contributed by atoms with E-state index in [0.717, 1.165) is 28.7 Å². The number of halogens is 2. The van der Waals surface area contributed by atoms with Crippen molar-refractivity contribution in [2.75, 3.05) is 0 Å². The summed E-state index contributed by atoms with van der Waals surface area (Å²) in [6, 6.07) is 18.3. The maximum absolute atomic E-state index is 12.8. The summed E-state index contributed by atoms with van der Waals surface area (Å²) >= 11 is 12.8. The number of imide groups is 1. The molecule has 1 aromatic heterocycles. The third-order valence-electron chi connectivity index (χ3n) is 4.29. The highest BCUT2D eigenvalue weighted by atomic mass is 35.5. The van der Waals surface area contributed by atoms with Crippen LogP contribution in [0.2, 0.25) is 10.0 Å². The van der Waals surface area contributed by atoms with E-state index in [9.17, 15) is 9.59 Å². The number of rotatable bonds is 4. The van der Waals surface area contributed by atoms with Gasteiger partial charge >= 0.3 is 0 Å². The summed E-state index contributed by atoms with van der Waals surface area (Å²) in [7, 11) is 0. The molecular formula is C21H14Cl2N2O2S. The lowest BCUT2D eigenvalue weighted by atomic mass is 10.2. The minimum Gasteiger partial charge on any atom is -0.317 e. The molecule has 2 aromatic carbocycles. The summed E-state index contributed by atoms with van der Waals surface area (Å²) in [5.74, 6) is -0.297. The van der Waals surface area contributed by atoms with Crippen LogP contribution < -0.4 is 0 Å². The molecule has 0 bridgehead atoms. The van der Waals surface area contributed by atoms with Crippen LogP contribution in [0.1, 0.15) is 11.3 Å². The molecule has 4 nitrogen and oxygen atoms in total. The summed E-state index contributed by atoms with van der Waals surface area (Å²) in [4.78, 5) is 26.8. The SMILES string of the molecule is O=C1S/C(=C/c2cccn2-c2ccc(Cl)cc2)C(=O)N1Cc1ccc(Cl)cc1. The van der Waals surface area contributed by atoms with Crippen LogP contribution in [0.25, 0.3) is 11.8 Å². The number of thioether (sulfide) groups is 1. The van der Waals surface area contributed by atoms with Gasteiger partial charge in [-0.15, -0.1) is 0 Å². The zero-order valence-electron chi connectivity index (χ0n) is 14.5. The van der Waals surface area contributed by atoms with E-state index in [0.29, 0.717) is 15.0 Å². The van der Waals surface area contributed by atoms with E-state index in [4.69, 9.17) is 23.2 Å². The Morgan fingerprint density at radius 3 is 2.21 bits per heavy atom. The number of benzene rings is 2. The maximum Gasteiger partial charge on any atom is 0.293 e. The van der Waals surface area contributed by atoms with Crippen molar-refractivity contribution in [2.45, 2.75) is 6.54 Å². The Morgan fingerprint density at radius 2 is 1.54 bits per heavy atom. The number of nitrogens with zero attached hydrogens (tertiary/aromatic N) is 2. The largest absolute Gasteiger partial charge is 0.317 e. The fourth-order valence-electron chi connectivity index (χ4n) is 2.89. The Labute approximate surface area is 176 Å². The van der Waals surface area contributed by atoms with E-state index < -0.39 is 0 Å². The van der Waals surface area contributed by atoms with E-state index >= 15 is 0 Å². The third kappa shape index (κ3) is 3.87. The van der Waals surface area contributed by atoms with E-state index in [-0.39, 0.29) is 17.7 Å². The molecule has 3 aromatic rings. The molecule has 2 amide bonds. The highest BCUT2D eigenvalue weighted by molar-refractivity contribution is 8.18. The van der Waals surface area contributed by atoms with Crippen LogP contribution in [-0.4, -0.2) is 20.6 Å². The van der Waals surface area contributed by atoms with Crippen LogP contribution in [0.5, 0.6) is 0 Å². The van der Waals surface area contributed by atoms with Gasteiger partial charge in [0.15, 0.2) is 0 Å². The maximum atomic E-state index is 12.8. The smallest absolute Gasteiger partial charge is 0.293 e. The molecule has 0 saturated carbocycles. The third-order valence-corrected chi connectivity index (χ3v) is 5.70. The molecule has 1 fully saturated rings. The number of carbonyl (C=O) groups excluding carboxylic acids is 2. The highest BCUT2D eigenvalue weighted by Gasteiger charge is 2.35. The second kappa shape index (κ2) is 7.87. The van der Waals surface area contributed by atoms with Crippen LogP contribution in [0.15, 0.2) is 71.8 Å². The van der Waals surface area contributed by atoms with E-state index in [2.05, 4.69) is 0 Å². The summed E-state index contributed by atoms with van der Waals surface area (Å²) in [6.45, 7) is 0.220. The predicted molar refractivity (Wildman–Crippen MR) is 114 cm³/mol. The topological polar surface area (TPSA) is 42.3 Å². The Hall–Kier alpha value is -2.47. The molecule has 0 N–H and O–H groups in total. The van der Waals surface area contributed by atoms with Gasteiger partial charge in [0.05, 0.1) is 11.4 Å². The molecule has 0 spiro atoms. The second-order valence-electron chi connectivity index (χ2n) is 6.17. The van der Waals surface area contributed by atoms with Crippen molar-refractivity contribution >= 4 is 52.2 Å². The quantitative estimate of drug-likeness (QED) is 0.477. The predicted octanol–water partition coefficient (Wildman–Crippen LogP) is 6.02. The van der Waals surface area contributed by atoms with Gasteiger partial charge in [0.1, 0.15) is 0 Å².